The van der Waals surface area contributed by atoms with Crippen LogP contribution in [0.15, 0.2) is 27.7 Å². The van der Waals surface area contributed by atoms with Crippen molar-refractivity contribution in [3.8, 4) is 0 Å². The van der Waals surface area contributed by atoms with Gasteiger partial charge in [-0.2, -0.15) is 0 Å². The van der Waals surface area contributed by atoms with Crippen molar-refractivity contribution in [3.63, 3.8) is 0 Å². The summed E-state index contributed by atoms with van der Waals surface area (Å²) in [6, 6.07) is 5.09. The summed E-state index contributed by atoms with van der Waals surface area (Å²) in [6.45, 7) is 6.53. The van der Waals surface area contributed by atoms with Crippen LogP contribution in [0.3, 0.4) is 0 Å². The van der Waals surface area contributed by atoms with Gasteiger partial charge in [-0.15, -0.1) is 24.0 Å². The third-order valence-corrected chi connectivity index (χ3v) is 4.46. The van der Waals surface area contributed by atoms with Crippen LogP contribution in [-0.2, 0) is 15.9 Å². The van der Waals surface area contributed by atoms with Gasteiger partial charge >= 0.3 is 0 Å². The molecule has 0 amide bonds. The maximum Gasteiger partial charge on any atom is 0.191 e. The van der Waals surface area contributed by atoms with Gasteiger partial charge in [0.2, 0.25) is 0 Å². The third kappa shape index (κ3) is 8.96. The predicted molar refractivity (Wildman–Crippen MR) is 117 cm³/mol. The van der Waals surface area contributed by atoms with Gasteiger partial charge < -0.3 is 20.1 Å². The Labute approximate surface area is 180 Å². The van der Waals surface area contributed by atoms with E-state index in [0.717, 1.165) is 50.5 Å². The number of rotatable bonds is 9. The van der Waals surface area contributed by atoms with Gasteiger partial charge in [0.15, 0.2) is 5.96 Å². The highest BCUT2D eigenvalue weighted by molar-refractivity contribution is 14.0. The molecule has 0 radical (unpaired) electrons. The molecule has 148 valence electrons. The minimum Gasteiger partial charge on any atom is -0.379 e. The van der Waals surface area contributed by atoms with Gasteiger partial charge in [-0.3, -0.25) is 4.99 Å². The Hall–Kier alpha value is -0.450. The van der Waals surface area contributed by atoms with E-state index in [0.29, 0.717) is 24.2 Å². The second kappa shape index (κ2) is 13.7. The van der Waals surface area contributed by atoms with Crippen molar-refractivity contribution < 1.29 is 13.9 Å². The van der Waals surface area contributed by atoms with Crippen LogP contribution in [0.5, 0.6) is 0 Å². The number of benzene rings is 1. The Kier molecular flexibility index (Phi) is 12.4. The number of hydrogen-bond donors (Lipinski definition) is 2. The predicted octanol–water partition coefficient (Wildman–Crippen LogP) is 3.50. The molecule has 2 N–H and O–H groups in total. The van der Waals surface area contributed by atoms with E-state index < -0.39 is 0 Å². The largest absolute Gasteiger partial charge is 0.379 e. The van der Waals surface area contributed by atoms with Crippen LogP contribution in [0.2, 0.25) is 0 Å². The van der Waals surface area contributed by atoms with E-state index in [1.54, 1.807) is 6.07 Å². The monoisotopic (exact) mass is 543 g/mol. The average molecular weight is 544 g/mol. The standard InChI is InChI=1S/C18H27BrFN3O2.HI/c1-2-21-18(22-8-3-10-25-15-7-11-24-13-15)23-9-6-14-4-5-17(20)16(19)12-14;/h4-5,12,15H,2-3,6-11,13H2,1H3,(H2,21,22,23);1H. The summed E-state index contributed by atoms with van der Waals surface area (Å²) in [5.74, 6) is 0.561. The van der Waals surface area contributed by atoms with Gasteiger partial charge in [0.25, 0.3) is 0 Å². The van der Waals surface area contributed by atoms with Gasteiger partial charge in [-0.05, 0) is 59.8 Å². The molecule has 1 saturated heterocycles. The molecule has 8 heteroatoms. The molecule has 2 rings (SSSR count). The van der Waals surface area contributed by atoms with Gasteiger partial charge in [0, 0.05) is 32.8 Å². The van der Waals surface area contributed by atoms with Crippen LogP contribution in [0.1, 0.15) is 25.3 Å². The fraction of sp³-hybridized carbons (Fsp3) is 0.611. The van der Waals surface area contributed by atoms with Crippen molar-refractivity contribution in [1.82, 2.24) is 10.6 Å². The third-order valence-electron chi connectivity index (χ3n) is 3.85. The first kappa shape index (κ1) is 23.6. The SMILES string of the molecule is CCNC(=NCCCOC1CCOC1)NCCc1ccc(F)c(Br)c1.I. The van der Waals surface area contributed by atoms with Crippen molar-refractivity contribution in [2.24, 2.45) is 4.99 Å². The zero-order chi connectivity index (χ0) is 17.9. The lowest BCUT2D eigenvalue weighted by Gasteiger charge is -2.12. The maximum atomic E-state index is 13.2. The fourth-order valence-corrected chi connectivity index (χ4v) is 2.94. The molecule has 0 aromatic heterocycles. The molecule has 0 bridgehead atoms. The summed E-state index contributed by atoms with van der Waals surface area (Å²) < 4.78 is 24.8. The molecule has 1 aromatic carbocycles. The van der Waals surface area contributed by atoms with Crippen molar-refractivity contribution in [2.75, 3.05) is 39.5 Å². The summed E-state index contributed by atoms with van der Waals surface area (Å²) in [6.07, 6.45) is 2.93. The Morgan fingerprint density at radius 3 is 2.96 bits per heavy atom. The molecule has 1 aliphatic rings. The smallest absolute Gasteiger partial charge is 0.191 e. The molecule has 0 aliphatic carbocycles. The number of ether oxygens (including phenoxy) is 2. The van der Waals surface area contributed by atoms with Crippen molar-refractivity contribution >= 4 is 45.9 Å². The van der Waals surface area contributed by atoms with E-state index in [2.05, 4.69) is 31.6 Å². The molecule has 1 unspecified atom stereocenters. The van der Waals surface area contributed by atoms with E-state index >= 15 is 0 Å². The number of nitrogens with one attached hydrogen (secondary N) is 2. The summed E-state index contributed by atoms with van der Waals surface area (Å²) >= 11 is 3.21. The highest BCUT2D eigenvalue weighted by Gasteiger charge is 2.15. The van der Waals surface area contributed by atoms with Gasteiger partial charge in [-0.1, -0.05) is 6.07 Å². The second-order valence-corrected chi connectivity index (χ2v) is 6.75. The number of nitrogens with zero attached hydrogens (tertiary/aromatic N) is 1. The Morgan fingerprint density at radius 1 is 1.42 bits per heavy atom. The number of hydrogen-bond acceptors (Lipinski definition) is 3. The Balaban J connectivity index is 0.00000338. The van der Waals surface area contributed by atoms with Crippen LogP contribution in [0.4, 0.5) is 4.39 Å². The molecular formula is C18H28BrFIN3O2. The minimum atomic E-state index is -0.238. The van der Waals surface area contributed by atoms with Gasteiger partial charge in [-0.25, -0.2) is 4.39 Å². The quantitative estimate of drug-likeness (QED) is 0.217. The lowest BCUT2D eigenvalue weighted by Crippen LogP contribution is -2.38. The number of guanidine groups is 1. The molecule has 26 heavy (non-hydrogen) atoms. The fourth-order valence-electron chi connectivity index (χ4n) is 2.51. The summed E-state index contributed by atoms with van der Waals surface area (Å²) in [5.41, 5.74) is 1.07. The Morgan fingerprint density at radius 2 is 2.27 bits per heavy atom. The average Bonchev–Trinajstić information content (AvgIpc) is 3.11. The molecule has 0 spiro atoms. The normalized spacial score (nSPS) is 17.0. The molecule has 1 atom stereocenters. The van der Waals surface area contributed by atoms with Crippen LogP contribution < -0.4 is 10.6 Å². The molecule has 1 fully saturated rings. The van der Waals surface area contributed by atoms with E-state index in [1.807, 2.05) is 13.0 Å². The van der Waals surface area contributed by atoms with Gasteiger partial charge in [0.1, 0.15) is 5.82 Å². The zero-order valence-corrected chi connectivity index (χ0v) is 19.0. The van der Waals surface area contributed by atoms with Crippen molar-refractivity contribution in [2.45, 2.75) is 32.3 Å². The highest BCUT2D eigenvalue weighted by Crippen LogP contribution is 2.16. The minimum absolute atomic E-state index is 0. The first-order chi connectivity index (χ1) is 12.2. The molecule has 1 heterocycles. The summed E-state index contributed by atoms with van der Waals surface area (Å²) in [5, 5.41) is 6.53. The summed E-state index contributed by atoms with van der Waals surface area (Å²) in [4.78, 5) is 4.55. The van der Waals surface area contributed by atoms with Crippen molar-refractivity contribution in [1.29, 1.82) is 0 Å². The highest BCUT2D eigenvalue weighted by atomic mass is 127. The van der Waals surface area contributed by atoms with Crippen LogP contribution >= 0.6 is 39.9 Å². The van der Waals surface area contributed by atoms with Gasteiger partial charge in [0.05, 0.1) is 17.2 Å². The number of aliphatic imine (C=N–C) groups is 1. The van der Waals surface area contributed by atoms with Crippen molar-refractivity contribution in [3.05, 3.63) is 34.1 Å². The van der Waals surface area contributed by atoms with E-state index in [4.69, 9.17) is 9.47 Å². The van der Waals surface area contributed by atoms with Crippen LogP contribution in [0, 0.1) is 5.82 Å². The van der Waals surface area contributed by atoms with E-state index in [-0.39, 0.29) is 35.9 Å². The van der Waals surface area contributed by atoms with E-state index in [1.165, 1.54) is 6.07 Å². The first-order valence-corrected chi connectivity index (χ1v) is 9.63. The lowest BCUT2D eigenvalue weighted by molar-refractivity contribution is 0.0424. The maximum absolute atomic E-state index is 13.2. The van der Waals surface area contributed by atoms with Crippen LogP contribution in [0.25, 0.3) is 0 Å². The molecule has 1 aromatic rings. The van der Waals surface area contributed by atoms with E-state index in [9.17, 15) is 4.39 Å². The summed E-state index contributed by atoms with van der Waals surface area (Å²) in [7, 11) is 0. The molecule has 5 nitrogen and oxygen atoms in total. The topological polar surface area (TPSA) is 54.9 Å². The second-order valence-electron chi connectivity index (χ2n) is 5.90. The lowest BCUT2D eigenvalue weighted by atomic mass is 10.1. The zero-order valence-electron chi connectivity index (χ0n) is 15.1. The molecule has 1 aliphatic heterocycles. The van der Waals surface area contributed by atoms with Crippen LogP contribution in [-0.4, -0.2) is 51.5 Å². The Bertz CT molecular complexity index is 557. The first-order valence-electron chi connectivity index (χ1n) is 8.84. The molecule has 0 saturated carbocycles. The number of halogens is 3. The molecular weight excluding hydrogens is 516 g/mol.